The number of rotatable bonds is 4. The van der Waals surface area contributed by atoms with Gasteiger partial charge in [0, 0.05) is 19.1 Å². The SMILES string of the molecule is Cc1cc(C)cc(C(N)CC2CCCN(S(C)(=O)=O)C2)c1. The molecule has 4 nitrogen and oxygen atoms in total. The number of sulfonamides is 1. The molecular formula is C16H26N2O2S. The maximum absolute atomic E-state index is 11.7. The Morgan fingerprint density at radius 2 is 1.90 bits per heavy atom. The molecule has 2 rings (SSSR count). The van der Waals surface area contributed by atoms with E-state index in [0.29, 0.717) is 19.0 Å². The van der Waals surface area contributed by atoms with E-state index in [1.165, 1.54) is 17.4 Å². The smallest absolute Gasteiger partial charge is 0.211 e. The van der Waals surface area contributed by atoms with Crippen molar-refractivity contribution in [3.63, 3.8) is 0 Å². The normalized spacial score (nSPS) is 22.2. The lowest BCUT2D eigenvalue weighted by Gasteiger charge is -2.32. The van der Waals surface area contributed by atoms with Gasteiger partial charge in [-0.3, -0.25) is 0 Å². The Kier molecular flexibility index (Phi) is 5.07. The Morgan fingerprint density at radius 3 is 2.48 bits per heavy atom. The average Bonchev–Trinajstić information content (AvgIpc) is 2.37. The van der Waals surface area contributed by atoms with Crippen LogP contribution in [-0.4, -0.2) is 32.1 Å². The van der Waals surface area contributed by atoms with Gasteiger partial charge in [0.25, 0.3) is 0 Å². The van der Waals surface area contributed by atoms with E-state index in [-0.39, 0.29) is 6.04 Å². The highest BCUT2D eigenvalue weighted by Crippen LogP contribution is 2.28. The zero-order valence-corrected chi connectivity index (χ0v) is 14.0. The third-order valence-corrected chi connectivity index (χ3v) is 5.48. The molecule has 0 amide bonds. The number of nitrogens with two attached hydrogens (primary N) is 1. The molecule has 2 atom stereocenters. The number of benzene rings is 1. The number of aryl methyl sites for hydroxylation is 2. The number of hydrogen-bond donors (Lipinski definition) is 1. The zero-order valence-electron chi connectivity index (χ0n) is 13.2. The first kappa shape index (κ1) is 16.5. The minimum absolute atomic E-state index is 0.0203. The van der Waals surface area contributed by atoms with E-state index in [2.05, 4.69) is 32.0 Å². The first-order valence-corrected chi connectivity index (χ1v) is 9.39. The summed E-state index contributed by atoms with van der Waals surface area (Å²) in [7, 11) is -3.08. The van der Waals surface area contributed by atoms with Crippen LogP contribution in [0.4, 0.5) is 0 Å². The molecule has 0 aromatic heterocycles. The minimum atomic E-state index is -3.08. The van der Waals surface area contributed by atoms with Gasteiger partial charge in [0.1, 0.15) is 0 Å². The van der Waals surface area contributed by atoms with Crippen molar-refractivity contribution in [2.75, 3.05) is 19.3 Å². The lowest BCUT2D eigenvalue weighted by atomic mass is 9.89. The minimum Gasteiger partial charge on any atom is -0.324 e. The van der Waals surface area contributed by atoms with Crippen LogP contribution >= 0.6 is 0 Å². The Hall–Kier alpha value is -0.910. The Labute approximate surface area is 128 Å². The lowest BCUT2D eigenvalue weighted by molar-refractivity contribution is 0.247. The largest absolute Gasteiger partial charge is 0.324 e. The second-order valence-corrected chi connectivity index (χ2v) is 8.37. The molecule has 1 aliphatic rings. The summed E-state index contributed by atoms with van der Waals surface area (Å²) in [6.45, 7) is 5.41. The Morgan fingerprint density at radius 1 is 1.29 bits per heavy atom. The van der Waals surface area contributed by atoms with Crippen LogP contribution in [0.1, 0.15) is 42.0 Å². The van der Waals surface area contributed by atoms with Crippen molar-refractivity contribution in [1.82, 2.24) is 4.31 Å². The molecule has 0 radical (unpaired) electrons. The van der Waals surface area contributed by atoms with Crippen molar-refractivity contribution < 1.29 is 8.42 Å². The van der Waals surface area contributed by atoms with E-state index in [4.69, 9.17) is 5.73 Å². The molecule has 1 aromatic carbocycles. The monoisotopic (exact) mass is 310 g/mol. The fourth-order valence-corrected chi connectivity index (χ4v) is 4.18. The molecule has 0 spiro atoms. The van der Waals surface area contributed by atoms with E-state index in [1.807, 2.05) is 0 Å². The van der Waals surface area contributed by atoms with Crippen LogP contribution in [0.15, 0.2) is 18.2 Å². The third-order valence-electron chi connectivity index (χ3n) is 4.21. The molecule has 1 fully saturated rings. The van der Waals surface area contributed by atoms with Gasteiger partial charge in [0.05, 0.1) is 6.26 Å². The predicted octanol–water partition coefficient (Wildman–Crippen LogP) is 2.36. The van der Waals surface area contributed by atoms with Crippen LogP contribution < -0.4 is 5.73 Å². The Balaban J connectivity index is 2.03. The molecule has 21 heavy (non-hydrogen) atoms. The van der Waals surface area contributed by atoms with Crippen molar-refractivity contribution in [3.8, 4) is 0 Å². The summed E-state index contributed by atoms with van der Waals surface area (Å²) in [6.07, 6.45) is 4.12. The zero-order chi connectivity index (χ0) is 15.6. The van der Waals surface area contributed by atoms with E-state index < -0.39 is 10.0 Å². The van der Waals surface area contributed by atoms with E-state index >= 15 is 0 Å². The van der Waals surface area contributed by atoms with Crippen molar-refractivity contribution in [3.05, 3.63) is 34.9 Å². The van der Waals surface area contributed by atoms with Crippen LogP contribution in [0.25, 0.3) is 0 Å². The first-order chi connectivity index (χ1) is 9.75. The van der Waals surface area contributed by atoms with Gasteiger partial charge in [-0.05, 0) is 44.6 Å². The van der Waals surface area contributed by atoms with Crippen LogP contribution in [0.2, 0.25) is 0 Å². The maximum atomic E-state index is 11.7. The molecule has 1 aliphatic heterocycles. The van der Waals surface area contributed by atoms with Crippen molar-refractivity contribution in [2.45, 2.75) is 39.2 Å². The molecular weight excluding hydrogens is 284 g/mol. The lowest BCUT2D eigenvalue weighted by Crippen LogP contribution is -2.40. The van der Waals surface area contributed by atoms with Gasteiger partial charge in [-0.2, -0.15) is 0 Å². The molecule has 0 aliphatic carbocycles. The number of piperidine rings is 1. The number of nitrogens with zero attached hydrogens (tertiary/aromatic N) is 1. The van der Waals surface area contributed by atoms with Crippen LogP contribution in [0, 0.1) is 19.8 Å². The molecule has 1 heterocycles. The standard InChI is InChI=1S/C16H26N2O2S/c1-12-7-13(2)9-15(8-12)16(17)10-14-5-4-6-18(11-14)21(3,19)20/h7-9,14,16H,4-6,10-11,17H2,1-3H3. The van der Waals surface area contributed by atoms with E-state index in [1.54, 1.807) is 4.31 Å². The second-order valence-electron chi connectivity index (χ2n) is 6.39. The fraction of sp³-hybridized carbons (Fsp3) is 0.625. The van der Waals surface area contributed by atoms with Crippen LogP contribution in [0.5, 0.6) is 0 Å². The topological polar surface area (TPSA) is 63.4 Å². The maximum Gasteiger partial charge on any atom is 0.211 e. The third kappa shape index (κ3) is 4.53. The number of hydrogen-bond acceptors (Lipinski definition) is 3. The fourth-order valence-electron chi connectivity index (χ4n) is 3.24. The van der Waals surface area contributed by atoms with Gasteiger partial charge in [-0.25, -0.2) is 12.7 Å². The summed E-state index contributed by atoms with van der Waals surface area (Å²) in [5.41, 5.74) is 9.95. The highest BCUT2D eigenvalue weighted by molar-refractivity contribution is 7.88. The summed E-state index contributed by atoms with van der Waals surface area (Å²) < 4.78 is 24.9. The second kappa shape index (κ2) is 6.46. The molecule has 1 saturated heterocycles. The molecule has 2 unspecified atom stereocenters. The predicted molar refractivity (Wildman–Crippen MR) is 86.6 cm³/mol. The molecule has 118 valence electrons. The Bertz CT molecular complexity index is 578. The highest BCUT2D eigenvalue weighted by Gasteiger charge is 2.27. The van der Waals surface area contributed by atoms with E-state index in [0.717, 1.165) is 24.8 Å². The van der Waals surface area contributed by atoms with Crippen LogP contribution in [-0.2, 0) is 10.0 Å². The van der Waals surface area contributed by atoms with Crippen molar-refractivity contribution in [1.29, 1.82) is 0 Å². The summed E-state index contributed by atoms with van der Waals surface area (Å²) in [5, 5.41) is 0. The summed E-state index contributed by atoms with van der Waals surface area (Å²) in [4.78, 5) is 0. The summed E-state index contributed by atoms with van der Waals surface area (Å²) in [6, 6.07) is 6.39. The summed E-state index contributed by atoms with van der Waals surface area (Å²) in [5.74, 6) is 0.351. The quantitative estimate of drug-likeness (QED) is 0.928. The van der Waals surface area contributed by atoms with Gasteiger partial charge >= 0.3 is 0 Å². The van der Waals surface area contributed by atoms with Gasteiger partial charge in [0.15, 0.2) is 0 Å². The average molecular weight is 310 g/mol. The molecule has 1 aromatic rings. The molecule has 5 heteroatoms. The van der Waals surface area contributed by atoms with Gasteiger partial charge in [-0.15, -0.1) is 0 Å². The molecule has 0 saturated carbocycles. The molecule has 2 N–H and O–H groups in total. The van der Waals surface area contributed by atoms with Gasteiger partial charge < -0.3 is 5.73 Å². The first-order valence-electron chi connectivity index (χ1n) is 7.54. The summed E-state index contributed by atoms with van der Waals surface area (Å²) >= 11 is 0. The molecule has 0 bridgehead atoms. The van der Waals surface area contributed by atoms with Gasteiger partial charge in [0.2, 0.25) is 10.0 Å². The van der Waals surface area contributed by atoms with E-state index in [9.17, 15) is 8.42 Å². The highest BCUT2D eigenvalue weighted by atomic mass is 32.2. The van der Waals surface area contributed by atoms with Gasteiger partial charge in [-0.1, -0.05) is 29.3 Å². The van der Waals surface area contributed by atoms with Crippen LogP contribution in [0.3, 0.4) is 0 Å². The van der Waals surface area contributed by atoms with Crippen molar-refractivity contribution >= 4 is 10.0 Å². The van der Waals surface area contributed by atoms with Crippen molar-refractivity contribution in [2.24, 2.45) is 11.7 Å².